The molecule has 2 fully saturated rings. The number of carbonyl (C=O) groups is 1. The molecule has 1 unspecified atom stereocenters. The number of piperidine rings is 1. The Kier molecular flexibility index (Phi) is 4.04. The van der Waals surface area contributed by atoms with Crippen LogP contribution in [0, 0.1) is 0 Å². The van der Waals surface area contributed by atoms with Crippen LogP contribution >= 0.6 is 0 Å². The molecule has 5 atom stereocenters. The number of hydrogen-bond donors (Lipinski definition) is 2. The van der Waals surface area contributed by atoms with Crippen molar-refractivity contribution in [3.8, 4) is 11.5 Å². The highest BCUT2D eigenvalue weighted by Gasteiger charge is 2.73. The molecular formula is C27H32N2O4. The van der Waals surface area contributed by atoms with Crippen molar-refractivity contribution >= 4 is 5.91 Å². The highest BCUT2D eigenvalue weighted by atomic mass is 16.5. The predicted molar refractivity (Wildman–Crippen MR) is 123 cm³/mol. The molecule has 1 saturated heterocycles. The van der Waals surface area contributed by atoms with Gasteiger partial charge in [0.1, 0.15) is 6.10 Å². The summed E-state index contributed by atoms with van der Waals surface area (Å²) in [4.78, 5) is 17.9. The monoisotopic (exact) mass is 448 g/mol. The van der Waals surface area contributed by atoms with Crippen molar-refractivity contribution in [1.82, 2.24) is 9.80 Å². The minimum Gasteiger partial charge on any atom is -0.504 e. The van der Waals surface area contributed by atoms with Gasteiger partial charge in [-0.15, -0.1) is 6.58 Å². The summed E-state index contributed by atoms with van der Waals surface area (Å²) in [6.07, 6.45) is 8.62. The lowest BCUT2D eigenvalue weighted by Gasteiger charge is -2.64. The largest absolute Gasteiger partial charge is 0.504 e. The molecule has 3 aliphatic heterocycles. The summed E-state index contributed by atoms with van der Waals surface area (Å²) in [5, 5.41) is 23.3. The molecule has 2 bridgehead atoms. The van der Waals surface area contributed by atoms with Gasteiger partial charge in [-0.1, -0.05) is 12.1 Å². The number of nitrogens with zero attached hydrogens (tertiary/aromatic N) is 2. The van der Waals surface area contributed by atoms with Gasteiger partial charge in [-0.2, -0.15) is 0 Å². The van der Waals surface area contributed by atoms with Crippen molar-refractivity contribution in [3.63, 3.8) is 0 Å². The van der Waals surface area contributed by atoms with Crippen LogP contribution in [0.4, 0.5) is 0 Å². The molecule has 3 aliphatic carbocycles. The fourth-order valence-electron chi connectivity index (χ4n) is 8.43. The fraction of sp³-hybridized carbons (Fsp3) is 0.593. The van der Waals surface area contributed by atoms with Gasteiger partial charge in [0.05, 0.1) is 17.1 Å². The van der Waals surface area contributed by atoms with E-state index in [1.165, 1.54) is 11.1 Å². The van der Waals surface area contributed by atoms with Crippen LogP contribution in [0.5, 0.6) is 11.5 Å². The second-order valence-corrected chi connectivity index (χ2v) is 11.0. The first-order chi connectivity index (χ1) is 16.0. The van der Waals surface area contributed by atoms with Crippen molar-refractivity contribution < 1.29 is 19.7 Å². The van der Waals surface area contributed by atoms with Crippen LogP contribution in [0.1, 0.15) is 56.1 Å². The Morgan fingerprint density at radius 2 is 2.09 bits per heavy atom. The summed E-state index contributed by atoms with van der Waals surface area (Å²) in [6, 6.07) is 3.64. The zero-order valence-corrected chi connectivity index (χ0v) is 19.1. The third-order valence-corrected chi connectivity index (χ3v) is 9.77. The highest BCUT2D eigenvalue weighted by molar-refractivity contribution is 5.97. The van der Waals surface area contributed by atoms with Crippen molar-refractivity contribution in [2.24, 2.45) is 0 Å². The smallest absolute Gasteiger partial charge is 0.250 e. The Hall–Kier alpha value is -2.31. The fourth-order valence-corrected chi connectivity index (χ4v) is 8.43. The third-order valence-electron chi connectivity index (χ3n) is 9.77. The van der Waals surface area contributed by atoms with Crippen LogP contribution in [-0.2, 0) is 16.6 Å². The van der Waals surface area contributed by atoms with Crippen molar-refractivity contribution in [2.75, 3.05) is 19.6 Å². The minimum absolute atomic E-state index is 0.0140. The Morgan fingerprint density at radius 3 is 2.91 bits per heavy atom. The molecule has 1 amide bonds. The maximum absolute atomic E-state index is 13.5. The first-order valence-corrected chi connectivity index (χ1v) is 12.6. The number of aromatic hydroxyl groups is 1. The summed E-state index contributed by atoms with van der Waals surface area (Å²) >= 11 is 0. The number of phenols is 1. The van der Waals surface area contributed by atoms with Gasteiger partial charge in [0, 0.05) is 30.3 Å². The van der Waals surface area contributed by atoms with Crippen LogP contribution in [0.3, 0.4) is 0 Å². The summed E-state index contributed by atoms with van der Waals surface area (Å²) in [5.74, 6) is 0.871. The Balaban J connectivity index is 1.36. The number of ether oxygens (including phenoxy) is 1. The number of amides is 1. The molecule has 0 aromatic heterocycles. The van der Waals surface area contributed by atoms with Crippen LogP contribution in [0.2, 0.25) is 0 Å². The molecule has 6 heteroatoms. The summed E-state index contributed by atoms with van der Waals surface area (Å²) < 4.78 is 6.64. The zero-order valence-electron chi connectivity index (χ0n) is 19.1. The molecule has 6 nitrogen and oxygen atoms in total. The Bertz CT molecular complexity index is 1110. The quantitative estimate of drug-likeness (QED) is 0.696. The summed E-state index contributed by atoms with van der Waals surface area (Å²) in [7, 11) is 0. The number of hydrogen-bond acceptors (Lipinski definition) is 5. The van der Waals surface area contributed by atoms with Gasteiger partial charge in [0.2, 0.25) is 5.91 Å². The molecule has 6 aliphatic rings. The van der Waals surface area contributed by atoms with Gasteiger partial charge in [-0.3, -0.25) is 9.69 Å². The van der Waals surface area contributed by atoms with Crippen molar-refractivity contribution in [1.29, 1.82) is 0 Å². The van der Waals surface area contributed by atoms with Gasteiger partial charge in [0.15, 0.2) is 11.5 Å². The van der Waals surface area contributed by atoms with E-state index in [0.29, 0.717) is 18.7 Å². The second-order valence-electron chi connectivity index (χ2n) is 11.0. The molecule has 0 radical (unpaired) electrons. The van der Waals surface area contributed by atoms with E-state index < -0.39 is 11.0 Å². The minimum atomic E-state index is -0.947. The molecule has 174 valence electrons. The standard InChI is InChI=1S/C27H32N2O4/c1-2-12-28-13-11-26-22-16-7-8-20(30)23(22)33-24(26)19(9-10-27(26,32)21(28)14-16)29-15-17-5-3-4-6-18(17)25(29)31/h2,7-8,19,21,24,30,32H,1,3-6,9-15H2/t19-,21+,24-,26-,27?/m0/s1. The van der Waals surface area contributed by atoms with Crippen LogP contribution in [0.15, 0.2) is 35.9 Å². The molecule has 1 aromatic rings. The van der Waals surface area contributed by atoms with Crippen molar-refractivity contribution in [3.05, 3.63) is 47.1 Å². The lowest BCUT2D eigenvalue weighted by Crippen LogP contribution is -2.78. The summed E-state index contributed by atoms with van der Waals surface area (Å²) in [6.45, 7) is 6.25. The second kappa shape index (κ2) is 6.63. The van der Waals surface area contributed by atoms with Crippen molar-refractivity contribution in [2.45, 2.75) is 80.6 Å². The van der Waals surface area contributed by atoms with E-state index in [1.54, 1.807) is 6.07 Å². The maximum Gasteiger partial charge on any atom is 0.250 e. The number of carbonyl (C=O) groups excluding carboxylic acids is 1. The SMILES string of the molecule is C=CCN1CC[C@]23c4c5ccc(O)c4O[C@H]2[C@@H](N2CC4=C(CCCC4)C2=O)CCC3(O)[C@H]1C5. The number of likely N-dealkylation sites (tertiary alicyclic amines) is 1. The third kappa shape index (κ3) is 2.29. The lowest BCUT2D eigenvalue weighted by atomic mass is 9.48. The Labute approximate surface area is 194 Å². The molecule has 7 rings (SSSR count). The van der Waals surface area contributed by atoms with Crippen LogP contribution in [-0.4, -0.2) is 69.3 Å². The highest BCUT2D eigenvalue weighted by Crippen LogP contribution is 2.66. The zero-order chi connectivity index (χ0) is 22.5. The van der Waals surface area contributed by atoms with Gasteiger partial charge in [0.25, 0.3) is 0 Å². The van der Waals surface area contributed by atoms with E-state index in [0.717, 1.165) is 69.2 Å². The first kappa shape index (κ1) is 20.1. The summed E-state index contributed by atoms with van der Waals surface area (Å²) in [5.41, 5.74) is 2.98. The number of phenolic OH excluding ortho intramolecular Hbond substituents is 1. The molecule has 3 heterocycles. The molecule has 1 saturated carbocycles. The van der Waals surface area contributed by atoms with E-state index >= 15 is 0 Å². The normalized spacial score (nSPS) is 38.8. The lowest BCUT2D eigenvalue weighted by molar-refractivity contribution is -0.198. The number of rotatable bonds is 3. The van der Waals surface area contributed by atoms with E-state index in [2.05, 4.69) is 16.4 Å². The van der Waals surface area contributed by atoms with Crippen LogP contribution in [0.25, 0.3) is 0 Å². The average molecular weight is 449 g/mol. The predicted octanol–water partition coefficient (Wildman–Crippen LogP) is 2.81. The van der Waals surface area contributed by atoms with Crippen LogP contribution < -0.4 is 4.74 Å². The molecule has 2 N–H and O–H groups in total. The van der Waals surface area contributed by atoms with E-state index in [9.17, 15) is 15.0 Å². The number of aliphatic hydroxyl groups is 1. The maximum atomic E-state index is 13.5. The molecule has 1 aromatic carbocycles. The Morgan fingerprint density at radius 1 is 1.24 bits per heavy atom. The molecule has 33 heavy (non-hydrogen) atoms. The van der Waals surface area contributed by atoms with E-state index in [1.807, 2.05) is 12.1 Å². The average Bonchev–Trinajstić information content (AvgIpc) is 3.33. The van der Waals surface area contributed by atoms with E-state index in [-0.39, 0.29) is 29.8 Å². The first-order valence-electron chi connectivity index (χ1n) is 12.6. The van der Waals surface area contributed by atoms with Gasteiger partial charge in [-0.05, 0) is 75.1 Å². The molecular weight excluding hydrogens is 416 g/mol. The number of benzene rings is 1. The molecule has 1 spiro atoms. The van der Waals surface area contributed by atoms with Gasteiger partial charge >= 0.3 is 0 Å². The van der Waals surface area contributed by atoms with E-state index in [4.69, 9.17) is 4.74 Å². The van der Waals surface area contributed by atoms with Gasteiger partial charge < -0.3 is 19.8 Å². The topological polar surface area (TPSA) is 73.2 Å². The van der Waals surface area contributed by atoms with Gasteiger partial charge in [-0.25, -0.2) is 0 Å².